The van der Waals surface area contributed by atoms with Gasteiger partial charge >= 0.3 is 0 Å². The summed E-state index contributed by atoms with van der Waals surface area (Å²) in [6.07, 6.45) is 1.41. The van der Waals surface area contributed by atoms with E-state index in [2.05, 4.69) is 0 Å². The summed E-state index contributed by atoms with van der Waals surface area (Å²) in [6, 6.07) is 11.4. The zero-order valence-corrected chi connectivity index (χ0v) is 14.4. The van der Waals surface area contributed by atoms with Crippen molar-refractivity contribution in [3.05, 3.63) is 84.8 Å². The lowest BCUT2D eigenvalue weighted by atomic mass is 10.1. The molecule has 2 aromatic rings. The first kappa shape index (κ1) is 18.3. The van der Waals surface area contributed by atoms with Gasteiger partial charge in [-0.15, -0.1) is 0 Å². The highest BCUT2D eigenvalue weighted by Gasteiger charge is 2.35. The molecule has 27 heavy (non-hydrogen) atoms. The van der Waals surface area contributed by atoms with Crippen molar-refractivity contribution >= 4 is 40.4 Å². The van der Waals surface area contributed by atoms with Crippen molar-refractivity contribution < 1.29 is 19.4 Å². The van der Waals surface area contributed by atoms with E-state index in [0.717, 1.165) is 4.90 Å². The van der Waals surface area contributed by atoms with Crippen LogP contribution in [0.4, 0.5) is 16.2 Å². The van der Waals surface area contributed by atoms with Gasteiger partial charge in [0.1, 0.15) is 0 Å². The molecular weight excluding hydrogens is 374 g/mol. The van der Waals surface area contributed by atoms with Crippen molar-refractivity contribution in [2.75, 3.05) is 0 Å². The van der Waals surface area contributed by atoms with E-state index < -0.39 is 21.0 Å². The predicted molar refractivity (Wildman–Crippen MR) is 97.7 cm³/mol. The molecule has 1 fully saturated rings. The summed E-state index contributed by atoms with van der Waals surface area (Å²) >= 11 is 0.715. The first-order chi connectivity index (χ1) is 12.8. The highest BCUT2D eigenvalue weighted by atomic mass is 32.2. The van der Waals surface area contributed by atoms with Crippen LogP contribution in [0.3, 0.4) is 0 Å². The first-order valence-electron chi connectivity index (χ1n) is 7.58. The van der Waals surface area contributed by atoms with E-state index in [4.69, 9.17) is 0 Å². The summed E-state index contributed by atoms with van der Waals surface area (Å²) in [4.78, 5) is 46.4. The number of thioether (sulfide) groups is 1. The number of non-ortho nitro benzene ring substituents is 2. The molecule has 1 heterocycles. The second kappa shape index (κ2) is 7.38. The molecule has 0 unspecified atom stereocenters. The number of rotatable bonds is 5. The quantitative estimate of drug-likeness (QED) is 0.436. The molecule has 10 heteroatoms. The molecule has 0 bridgehead atoms. The molecule has 1 aliphatic rings. The Morgan fingerprint density at radius 3 is 2.26 bits per heavy atom. The second-order valence-corrected chi connectivity index (χ2v) is 6.54. The Bertz CT molecular complexity index is 1000. The van der Waals surface area contributed by atoms with E-state index in [1.807, 2.05) is 0 Å². The fraction of sp³-hybridized carbons (Fsp3) is 0.0588. The Kier molecular flexibility index (Phi) is 4.99. The highest BCUT2D eigenvalue weighted by Crippen LogP contribution is 2.34. The van der Waals surface area contributed by atoms with Crippen LogP contribution in [0.1, 0.15) is 11.1 Å². The van der Waals surface area contributed by atoms with E-state index >= 15 is 0 Å². The number of carbonyl (C=O) groups excluding carboxylic acids is 2. The van der Waals surface area contributed by atoms with Crippen LogP contribution < -0.4 is 0 Å². The molecule has 0 aliphatic carbocycles. The molecule has 0 aromatic heterocycles. The maximum absolute atomic E-state index is 12.5. The van der Waals surface area contributed by atoms with Crippen molar-refractivity contribution in [2.45, 2.75) is 6.54 Å². The smallest absolute Gasteiger partial charge is 0.268 e. The van der Waals surface area contributed by atoms with Crippen LogP contribution in [-0.2, 0) is 11.3 Å². The average Bonchev–Trinajstić information content (AvgIpc) is 2.89. The van der Waals surface area contributed by atoms with E-state index in [-0.39, 0.29) is 22.8 Å². The van der Waals surface area contributed by atoms with E-state index in [1.54, 1.807) is 12.1 Å². The number of hydrogen-bond donors (Lipinski definition) is 0. The minimum atomic E-state index is -0.556. The van der Waals surface area contributed by atoms with Crippen LogP contribution in [0.5, 0.6) is 0 Å². The van der Waals surface area contributed by atoms with Crippen LogP contribution in [0.25, 0.3) is 6.08 Å². The lowest BCUT2D eigenvalue weighted by Crippen LogP contribution is -2.27. The van der Waals surface area contributed by atoms with Gasteiger partial charge in [-0.1, -0.05) is 24.3 Å². The Labute approximate surface area is 156 Å². The summed E-state index contributed by atoms with van der Waals surface area (Å²) in [7, 11) is 0. The van der Waals surface area contributed by atoms with Gasteiger partial charge < -0.3 is 0 Å². The zero-order chi connectivity index (χ0) is 19.6. The van der Waals surface area contributed by atoms with Crippen LogP contribution in [0, 0.1) is 20.2 Å². The summed E-state index contributed by atoms with van der Waals surface area (Å²) in [5.74, 6) is -0.553. The molecule has 0 saturated carbocycles. The maximum Gasteiger partial charge on any atom is 0.293 e. The molecular formula is C17H11N3O6S. The monoisotopic (exact) mass is 385 g/mol. The fourth-order valence-corrected chi connectivity index (χ4v) is 3.31. The van der Waals surface area contributed by atoms with Crippen molar-refractivity contribution in [2.24, 2.45) is 0 Å². The molecule has 2 amide bonds. The molecule has 0 radical (unpaired) electrons. The first-order valence-corrected chi connectivity index (χ1v) is 8.40. The van der Waals surface area contributed by atoms with E-state index in [9.17, 15) is 29.8 Å². The Morgan fingerprint density at radius 2 is 1.59 bits per heavy atom. The number of amides is 2. The number of imide groups is 1. The molecule has 1 aliphatic heterocycles. The number of nitro groups is 2. The number of nitrogens with zero attached hydrogens (tertiary/aromatic N) is 3. The van der Waals surface area contributed by atoms with Crippen molar-refractivity contribution in [1.82, 2.24) is 4.90 Å². The molecule has 2 aromatic carbocycles. The van der Waals surface area contributed by atoms with E-state index in [0.29, 0.717) is 22.9 Å². The Balaban J connectivity index is 1.83. The van der Waals surface area contributed by atoms with Gasteiger partial charge in [-0.3, -0.25) is 34.7 Å². The lowest BCUT2D eigenvalue weighted by molar-refractivity contribution is -0.385. The minimum absolute atomic E-state index is 0.0986. The predicted octanol–water partition coefficient (Wildman–Crippen LogP) is 3.74. The third-order valence-corrected chi connectivity index (χ3v) is 4.62. The van der Waals surface area contributed by atoms with Gasteiger partial charge in [0.2, 0.25) is 0 Å². The number of hydrogen-bond acceptors (Lipinski definition) is 7. The largest absolute Gasteiger partial charge is 0.293 e. The van der Waals surface area contributed by atoms with E-state index in [1.165, 1.54) is 42.5 Å². The topological polar surface area (TPSA) is 124 Å². The summed E-state index contributed by atoms with van der Waals surface area (Å²) < 4.78 is 0. The fourth-order valence-electron chi connectivity index (χ4n) is 2.47. The van der Waals surface area contributed by atoms with Crippen LogP contribution in [-0.4, -0.2) is 25.9 Å². The Morgan fingerprint density at radius 1 is 0.963 bits per heavy atom. The maximum atomic E-state index is 12.5. The number of nitro benzene ring substituents is 2. The van der Waals surface area contributed by atoms with Gasteiger partial charge in [0.25, 0.3) is 22.5 Å². The molecule has 9 nitrogen and oxygen atoms in total. The summed E-state index contributed by atoms with van der Waals surface area (Å²) in [5, 5.41) is 21.2. The minimum Gasteiger partial charge on any atom is -0.268 e. The molecule has 0 atom stereocenters. The van der Waals surface area contributed by atoms with Gasteiger partial charge in [0, 0.05) is 24.3 Å². The van der Waals surface area contributed by atoms with Gasteiger partial charge in [0.15, 0.2) is 0 Å². The molecule has 3 rings (SSSR count). The number of benzene rings is 2. The van der Waals surface area contributed by atoms with Gasteiger partial charge in [-0.25, -0.2) is 0 Å². The molecule has 0 N–H and O–H groups in total. The molecule has 136 valence electrons. The number of carbonyl (C=O) groups is 2. The van der Waals surface area contributed by atoms with Crippen molar-refractivity contribution in [1.29, 1.82) is 0 Å². The average molecular weight is 385 g/mol. The standard InChI is InChI=1S/C17H11N3O6S/c21-16-15(9-11-3-1-5-13(7-11)19(23)24)27-17(22)18(16)10-12-4-2-6-14(8-12)20(25)26/h1-9H,10H2/b15-9+. The molecule has 1 saturated heterocycles. The third kappa shape index (κ3) is 4.01. The van der Waals surface area contributed by atoms with Crippen molar-refractivity contribution in [3.63, 3.8) is 0 Å². The SMILES string of the molecule is O=C1S/C(=C/c2cccc([N+](=O)[O-])c2)C(=O)N1Cc1cccc([N+](=O)[O-])c1. The second-order valence-electron chi connectivity index (χ2n) is 5.55. The highest BCUT2D eigenvalue weighted by molar-refractivity contribution is 8.18. The third-order valence-electron chi connectivity index (χ3n) is 3.71. The normalized spacial score (nSPS) is 15.4. The zero-order valence-electron chi connectivity index (χ0n) is 13.6. The summed E-state index contributed by atoms with van der Waals surface area (Å²) in [5.41, 5.74) is 0.610. The van der Waals surface area contributed by atoms with Gasteiger partial charge in [0.05, 0.1) is 21.3 Å². The summed E-state index contributed by atoms with van der Waals surface area (Å²) in [6.45, 7) is -0.0986. The van der Waals surface area contributed by atoms with Crippen LogP contribution >= 0.6 is 11.8 Å². The lowest BCUT2D eigenvalue weighted by Gasteiger charge is -2.12. The van der Waals surface area contributed by atoms with Crippen LogP contribution in [0.15, 0.2) is 53.4 Å². The van der Waals surface area contributed by atoms with Crippen molar-refractivity contribution in [3.8, 4) is 0 Å². The van der Waals surface area contributed by atoms with Gasteiger partial charge in [-0.05, 0) is 29.0 Å². The van der Waals surface area contributed by atoms with Crippen LogP contribution in [0.2, 0.25) is 0 Å². The molecule has 0 spiro atoms. The van der Waals surface area contributed by atoms with Gasteiger partial charge in [-0.2, -0.15) is 0 Å². The Hall–Kier alpha value is -3.53.